The quantitative estimate of drug-likeness (QED) is 0.742. The van der Waals surface area contributed by atoms with E-state index in [-0.39, 0.29) is 5.69 Å². The van der Waals surface area contributed by atoms with Gasteiger partial charge in [0, 0.05) is 6.04 Å². The number of nitrogens with two attached hydrogens (primary N) is 1. The molecular weight excluding hydrogens is 180 g/mol. The van der Waals surface area contributed by atoms with Crippen LogP contribution in [0.15, 0.2) is 12.1 Å². The number of hydrogen-bond acceptors (Lipinski definition) is 4. The second-order valence-electron chi connectivity index (χ2n) is 3.12. The summed E-state index contributed by atoms with van der Waals surface area (Å²) in [5, 5.41) is 10.6. The first-order valence-electron chi connectivity index (χ1n) is 4.53. The molecule has 1 rings (SSSR count). The second kappa shape index (κ2) is 4.55. The van der Waals surface area contributed by atoms with E-state index in [2.05, 4.69) is 22.4 Å². The molecule has 0 aliphatic carbocycles. The summed E-state index contributed by atoms with van der Waals surface area (Å²) in [6.07, 6.45) is 0.999. The highest BCUT2D eigenvalue weighted by Crippen LogP contribution is 2.04. The molecule has 0 saturated carbocycles. The number of aromatic nitrogens is 2. The maximum atomic E-state index is 10.7. The SMILES string of the molecule is CCC(C)Nc1ccc(C(N)=O)nn1. The van der Waals surface area contributed by atoms with Crippen molar-refractivity contribution in [3.8, 4) is 0 Å². The molecule has 14 heavy (non-hydrogen) atoms. The third-order valence-electron chi connectivity index (χ3n) is 1.92. The third kappa shape index (κ3) is 2.69. The molecular formula is C9H14N4O. The van der Waals surface area contributed by atoms with Gasteiger partial charge in [0.2, 0.25) is 0 Å². The predicted octanol–water partition coefficient (Wildman–Crippen LogP) is 0.786. The molecule has 0 aromatic carbocycles. The van der Waals surface area contributed by atoms with Crippen LogP contribution in [-0.2, 0) is 0 Å². The topological polar surface area (TPSA) is 80.9 Å². The zero-order chi connectivity index (χ0) is 10.6. The molecule has 0 aliphatic rings. The first-order chi connectivity index (χ1) is 6.63. The van der Waals surface area contributed by atoms with E-state index in [0.717, 1.165) is 6.42 Å². The molecule has 5 nitrogen and oxygen atoms in total. The summed E-state index contributed by atoms with van der Waals surface area (Å²) in [7, 11) is 0. The lowest BCUT2D eigenvalue weighted by atomic mass is 10.2. The lowest BCUT2D eigenvalue weighted by Crippen LogP contribution is -2.17. The minimum atomic E-state index is -0.562. The van der Waals surface area contributed by atoms with Gasteiger partial charge in [0.05, 0.1) is 0 Å². The lowest BCUT2D eigenvalue weighted by molar-refractivity contribution is 0.0994. The first kappa shape index (κ1) is 10.4. The number of carbonyl (C=O) groups excluding carboxylic acids is 1. The Balaban J connectivity index is 2.68. The minimum Gasteiger partial charge on any atom is -0.366 e. The van der Waals surface area contributed by atoms with Crippen LogP contribution in [0.4, 0.5) is 5.82 Å². The van der Waals surface area contributed by atoms with Crippen molar-refractivity contribution in [1.82, 2.24) is 10.2 Å². The lowest BCUT2D eigenvalue weighted by Gasteiger charge is -2.10. The molecule has 0 aliphatic heterocycles. The number of anilines is 1. The fraction of sp³-hybridized carbons (Fsp3) is 0.444. The van der Waals surface area contributed by atoms with Gasteiger partial charge >= 0.3 is 0 Å². The Bertz CT molecular complexity index is 309. The summed E-state index contributed by atoms with van der Waals surface area (Å²) in [6, 6.07) is 3.59. The molecule has 1 aromatic heterocycles. The van der Waals surface area contributed by atoms with Crippen LogP contribution in [0, 0.1) is 0 Å². The van der Waals surface area contributed by atoms with E-state index in [1.165, 1.54) is 0 Å². The normalized spacial score (nSPS) is 12.1. The molecule has 0 spiro atoms. The Morgan fingerprint density at radius 1 is 1.57 bits per heavy atom. The molecule has 1 aromatic rings. The number of carbonyl (C=O) groups is 1. The Morgan fingerprint density at radius 2 is 2.29 bits per heavy atom. The molecule has 1 heterocycles. The van der Waals surface area contributed by atoms with Gasteiger partial charge in [-0.3, -0.25) is 4.79 Å². The van der Waals surface area contributed by atoms with Gasteiger partial charge in [0.25, 0.3) is 5.91 Å². The van der Waals surface area contributed by atoms with Crippen LogP contribution < -0.4 is 11.1 Å². The highest BCUT2D eigenvalue weighted by molar-refractivity contribution is 5.90. The second-order valence-corrected chi connectivity index (χ2v) is 3.12. The first-order valence-corrected chi connectivity index (χ1v) is 4.53. The average Bonchev–Trinajstić information content (AvgIpc) is 2.18. The van der Waals surface area contributed by atoms with Gasteiger partial charge in [0.1, 0.15) is 5.82 Å². The number of nitrogens with zero attached hydrogens (tertiary/aromatic N) is 2. The molecule has 1 atom stereocenters. The molecule has 1 amide bonds. The molecule has 76 valence electrons. The Kier molecular flexibility index (Phi) is 3.39. The summed E-state index contributed by atoms with van der Waals surface area (Å²) >= 11 is 0. The van der Waals surface area contributed by atoms with Crippen molar-refractivity contribution < 1.29 is 4.79 Å². The van der Waals surface area contributed by atoms with Gasteiger partial charge < -0.3 is 11.1 Å². The van der Waals surface area contributed by atoms with E-state index in [1.54, 1.807) is 12.1 Å². The highest BCUT2D eigenvalue weighted by atomic mass is 16.1. The van der Waals surface area contributed by atoms with Crippen molar-refractivity contribution in [2.45, 2.75) is 26.3 Å². The molecule has 0 saturated heterocycles. The molecule has 1 unspecified atom stereocenters. The van der Waals surface area contributed by atoms with Crippen LogP contribution >= 0.6 is 0 Å². The molecule has 0 radical (unpaired) electrons. The number of nitrogens with one attached hydrogen (secondary N) is 1. The predicted molar refractivity (Wildman–Crippen MR) is 53.9 cm³/mol. The number of rotatable bonds is 4. The van der Waals surface area contributed by atoms with E-state index < -0.39 is 5.91 Å². The summed E-state index contributed by atoms with van der Waals surface area (Å²) in [5.41, 5.74) is 5.21. The zero-order valence-electron chi connectivity index (χ0n) is 8.32. The fourth-order valence-corrected chi connectivity index (χ4v) is 0.895. The molecule has 3 N–H and O–H groups in total. The average molecular weight is 194 g/mol. The maximum absolute atomic E-state index is 10.7. The van der Waals surface area contributed by atoms with Gasteiger partial charge in [-0.25, -0.2) is 0 Å². The Morgan fingerprint density at radius 3 is 2.71 bits per heavy atom. The Hall–Kier alpha value is -1.65. The molecule has 0 bridgehead atoms. The van der Waals surface area contributed by atoms with Crippen LogP contribution in [0.1, 0.15) is 30.8 Å². The van der Waals surface area contributed by atoms with Gasteiger partial charge in [-0.05, 0) is 25.5 Å². The van der Waals surface area contributed by atoms with Crippen molar-refractivity contribution in [1.29, 1.82) is 0 Å². The van der Waals surface area contributed by atoms with Gasteiger partial charge in [-0.2, -0.15) is 0 Å². The number of hydrogen-bond donors (Lipinski definition) is 2. The van der Waals surface area contributed by atoms with Crippen LogP contribution in [0.2, 0.25) is 0 Å². The minimum absolute atomic E-state index is 0.180. The van der Waals surface area contributed by atoms with Crippen LogP contribution in [-0.4, -0.2) is 22.1 Å². The van der Waals surface area contributed by atoms with Crippen molar-refractivity contribution in [2.75, 3.05) is 5.32 Å². The molecule has 0 fully saturated rings. The number of amides is 1. The monoisotopic (exact) mass is 194 g/mol. The van der Waals surface area contributed by atoms with Crippen molar-refractivity contribution in [3.05, 3.63) is 17.8 Å². The summed E-state index contributed by atoms with van der Waals surface area (Å²) in [5.74, 6) is 0.0944. The van der Waals surface area contributed by atoms with Gasteiger partial charge in [0.15, 0.2) is 5.69 Å². The van der Waals surface area contributed by atoms with E-state index in [1.807, 2.05) is 6.92 Å². The van der Waals surface area contributed by atoms with Gasteiger partial charge in [-0.1, -0.05) is 6.92 Å². The maximum Gasteiger partial charge on any atom is 0.269 e. The van der Waals surface area contributed by atoms with Crippen molar-refractivity contribution >= 4 is 11.7 Å². The summed E-state index contributed by atoms with van der Waals surface area (Å²) in [6.45, 7) is 4.12. The summed E-state index contributed by atoms with van der Waals surface area (Å²) < 4.78 is 0. The fourth-order valence-electron chi connectivity index (χ4n) is 0.895. The third-order valence-corrected chi connectivity index (χ3v) is 1.92. The molecule has 5 heteroatoms. The number of primary amides is 1. The smallest absolute Gasteiger partial charge is 0.269 e. The zero-order valence-corrected chi connectivity index (χ0v) is 8.32. The van der Waals surface area contributed by atoms with Crippen LogP contribution in [0.5, 0.6) is 0 Å². The van der Waals surface area contributed by atoms with E-state index >= 15 is 0 Å². The Labute approximate surface area is 82.7 Å². The van der Waals surface area contributed by atoms with Crippen LogP contribution in [0.3, 0.4) is 0 Å². The van der Waals surface area contributed by atoms with Crippen molar-refractivity contribution in [2.24, 2.45) is 5.73 Å². The largest absolute Gasteiger partial charge is 0.366 e. The summed E-state index contributed by atoms with van der Waals surface area (Å²) in [4.78, 5) is 10.7. The van der Waals surface area contributed by atoms with Gasteiger partial charge in [-0.15, -0.1) is 10.2 Å². The van der Waals surface area contributed by atoms with E-state index in [9.17, 15) is 4.79 Å². The highest BCUT2D eigenvalue weighted by Gasteiger charge is 2.04. The van der Waals surface area contributed by atoms with E-state index in [0.29, 0.717) is 11.9 Å². The van der Waals surface area contributed by atoms with E-state index in [4.69, 9.17) is 5.73 Å². The van der Waals surface area contributed by atoms with Crippen molar-refractivity contribution in [3.63, 3.8) is 0 Å². The standard InChI is InChI=1S/C9H14N4O/c1-3-6(2)11-8-5-4-7(9(10)14)12-13-8/h4-6H,3H2,1-2H3,(H2,10,14)(H,11,13). The van der Waals surface area contributed by atoms with Crippen LogP contribution in [0.25, 0.3) is 0 Å².